The van der Waals surface area contributed by atoms with Crippen molar-refractivity contribution in [2.24, 2.45) is 0 Å². The summed E-state index contributed by atoms with van der Waals surface area (Å²) in [7, 11) is 0. The molecule has 0 radical (unpaired) electrons. The predicted octanol–water partition coefficient (Wildman–Crippen LogP) is 16.7. The van der Waals surface area contributed by atoms with Gasteiger partial charge in [0.2, 0.25) is 0 Å². The quantitative estimate of drug-likeness (QED) is 0.152. The van der Waals surface area contributed by atoms with Crippen molar-refractivity contribution in [1.29, 1.82) is 0 Å². The summed E-state index contributed by atoms with van der Waals surface area (Å²) in [6.45, 7) is 17.8. The molecule has 0 atom stereocenters. The van der Waals surface area contributed by atoms with E-state index in [9.17, 15) is 0 Å². The molecule has 1 nitrogen and oxygen atoms in total. The first-order valence-corrected chi connectivity index (χ1v) is 21.6. The number of hydrogen-bond acceptors (Lipinski definition) is 2. The second kappa shape index (κ2) is 14.5. The van der Waals surface area contributed by atoms with Crippen molar-refractivity contribution in [3.8, 4) is 22.3 Å². The van der Waals surface area contributed by atoms with Crippen molar-refractivity contribution >= 4 is 59.7 Å². The highest BCUT2D eigenvalue weighted by Crippen LogP contribution is 2.56. The second-order valence-electron chi connectivity index (χ2n) is 16.5. The normalized spacial score (nSPS) is 14.7. The van der Waals surface area contributed by atoms with Gasteiger partial charge >= 0.3 is 0 Å². The Morgan fingerprint density at radius 3 is 1.90 bits per heavy atom. The van der Waals surface area contributed by atoms with Gasteiger partial charge in [0.05, 0.1) is 0 Å². The lowest BCUT2D eigenvalue weighted by molar-refractivity contribution is 0.660. The van der Waals surface area contributed by atoms with Gasteiger partial charge in [-0.05, 0) is 118 Å². The van der Waals surface area contributed by atoms with E-state index in [-0.39, 0.29) is 10.8 Å². The monoisotopic (exact) mass is 769 g/mol. The molecule has 0 spiro atoms. The van der Waals surface area contributed by atoms with Crippen LogP contribution < -0.4 is 4.90 Å². The minimum atomic E-state index is -0.102. The number of benzene rings is 7. The first-order valence-electron chi connectivity index (χ1n) is 20.8. The van der Waals surface area contributed by atoms with Crippen LogP contribution in [0.15, 0.2) is 164 Å². The van der Waals surface area contributed by atoms with Crippen molar-refractivity contribution in [3.05, 3.63) is 197 Å². The van der Waals surface area contributed by atoms with Gasteiger partial charge in [0, 0.05) is 53.6 Å². The number of allylic oxidation sites excluding steroid dienone is 4. The number of hydrogen-bond donors (Lipinski definition) is 0. The molecule has 286 valence electrons. The molecule has 7 aromatic carbocycles. The molecule has 10 rings (SSSR count). The summed E-state index contributed by atoms with van der Waals surface area (Å²) < 4.78 is 2.73. The van der Waals surface area contributed by atoms with E-state index in [1.807, 2.05) is 25.2 Å². The third-order valence-corrected chi connectivity index (χ3v) is 13.8. The summed E-state index contributed by atoms with van der Waals surface area (Å²) in [6, 6.07) is 56.7. The van der Waals surface area contributed by atoms with Gasteiger partial charge < -0.3 is 4.90 Å². The van der Waals surface area contributed by atoms with Crippen LogP contribution in [0.5, 0.6) is 0 Å². The van der Waals surface area contributed by atoms with Gasteiger partial charge in [0.25, 0.3) is 0 Å². The van der Waals surface area contributed by atoms with Crippen LogP contribution >= 0.6 is 11.3 Å². The summed E-state index contributed by atoms with van der Waals surface area (Å²) in [6.07, 6.45) is 4.52. The first kappa shape index (κ1) is 37.6. The Labute approximate surface area is 348 Å². The Morgan fingerprint density at radius 2 is 1.12 bits per heavy atom. The third-order valence-electron chi connectivity index (χ3n) is 12.6. The third kappa shape index (κ3) is 5.88. The van der Waals surface area contributed by atoms with Crippen molar-refractivity contribution in [2.75, 3.05) is 4.90 Å². The van der Waals surface area contributed by atoms with E-state index in [2.05, 4.69) is 210 Å². The fourth-order valence-electron chi connectivity index (χ4n) is 9.58. The van der Waals surface area contributed by atoms with Gasteiger partial charge in [-0.3, -0.25) is 0 Å². The van der Waals surface area contributed by atoms with Crippen LogP contribution in [0.1, 0.15) is 88.8 Å². The summed E-state index contributed by atoms with van der Waals surface area (Å²) in [5.74, 6) is 0. The number of anilines is 3. The van der Waals surface area contributed by atoms with E-state index in [1.165, 1.54) is 92.6 Å². The second-order valence-corrected chi connectivity index (χ2v) is 17.6. The summed E-state index contributed by atoms with van der Waals surface area (Å²) in [5, 5.41) is 2.69. The van der Waals surface area contributed by atoms with Crippen LogP contribution in [0.3, 0.4) is 0 Å². The molecule has 0 saturated heterocycles. The summed E-state index contributed by atoms with van der Waals surface area (Å²) in [5.41, 5.74) is 19.2. The molecule has 58 heavy (non-hydrogen) atoms. The molecular formula is C56H51NS. The molecule has 0 unspecified atom stereocenters. The highest BCUT2D eigenvalue weighted by molar-refractivity contribution is 7.26. The van der Waals surface area contributed by atoms with Gasteiger partial charge in [-0.1, -0.05) is 163 Å². The fourth-order valence-corrected chi connectivity index (χ4v) is 10.8. The van der Waals surface area contributed by atoms with Crippen LogP contribution in [0.25, 0.3) is 53.6 Å². The molecule has 1 heterocycles. The molecular weight excluding hydrogens is 719 g/mol. The Hall–Kier alpha value is -5.96. The Balaban J connectivity index is 0.00000215. The highest BCUT2D eigenvalue weighted by Gasteiger charge is 2.38. The Morgan fingerprint density at radius 1 is 0.517 bits per heavy atom. The Bertz CT molecular complexity index is 2920. The maximum Gasteiger partial charge on any atom is 0.0468 e. The Kier molecular flexibility index (Phi) is 9.37. The zero-order valence-electron chi connectivity index (χ0n) is 34.9. The standard InChI is InChI=1S/C54H45NS.C2H6/c1-7-35(31-34(2)36-15-9-8-10-16-36)37-21-23-38(24-22-37)55(40-25-27-42-41-17-11-13-19-46(41)54(5,6)49(42)33-40)39-26-29-47-45(32-39)51-48(53(47,3)4)30-28-44-43-18-12-14-20-50(43)56-52(44)51;1-2/h7-33H,1-6H3;1-2H3/b34-31+,35-7+;. The molecule has 2 aliphatic rings. The van der Waals surface area contributed by atoms with Crippen LogP contribution in [0.4, 0.5) is 17.1 Å². The van der Waals surface area contributed by atoms with E-state index in [0.29, 0.717) is 0 Å². The number of nitrogens with zero attached hydrogens (tertiary/aromatic N) is 1. The number of rotatable bonds is 6. The van der Waals surface area contributed by atoms with Crippen LogP contribution in [-0.4, -0.2) is 0 Å². The average molecular weight is 770 g/mol. The first-order chi connectivity index (χ1) is 28.1. The smallest absolute Gasteiger partial charge is 0.0468 e. The predicted molar refractivity (Wildman–Crippen MR) is 254 cm³/mol. The minimum absolute atomic E-state index is 0.0995. The molecule has 2 heteroatoms. The SMILES string of the molecule is C/C=C(\C=C(/C)c1ccccc1)c1ccc(N(c2ccc3c(c2)-c2c(ccc4c2sc2ccccc24)C3(C)C)c2ccc3c(c2)C(C)(C)c2ccccc2-3)cc1.CC. The lowest BCUT2D eigenvalue weighted by Gasteiger charge is -2.29. The van der Waals surface area contributed by atoms with Gasteiger partial charge in [-0.25, -0.2) is 0 Å². The molecule has 1 aromatic heterocycles. The zero-order valence-corrected chi connectivity index (χ0v) is 35.8. The number of thiophene rings is 1. The molecule has 0 fully saturated rings. The van der Waals surface area contributed by atoms with Gasteiger partial charge in [0.1, 0.15) is 0 Å². The van der Waals surface area contributed by atoms with Crippen molar-refractivity contribution in [3.63, 3.8) is 0 Å². The maximum atomic E-state index is 2.47. The molecule has 8 aromatic rings. The molecule has 2 aliphatic carbocycles. The molecule has 0 N–H and O–H groups in total. The fraction of sp³-hybridized carbons (Fsp3) is 0.179. The zero-order chi connectivity index (χ0) is 40.3. The lowest BCUT2D eigenvalue weighted by atomic mass is 9.82. The van der Waals surface area contributed by atoms with E-state index in [0.717, 1.165) is 11.4 Å². The van der Waals surface area contributed by atoms with Gasteiger partial charge in [-0.15, -0.1) is 11.3 Å². The highest BCUT2D eigenvalue weighted by atomic mass is 32.1. The van der Waals surface area contributed by atoms with E-state index < -0.39 is 0 Å². The van der Waals surface area contributed by atoms with E-state index in [4.69, 9.17) is 0 Å². The lowest BCUT2D eigenvalue weighted by Crippen LogP contribution is -2.17. The molecule has 0 amide bonds. The van der Waals surface area contributed by atoms with Crippen molar-refractivity contribution in [2.45, 2.75) is 66.2 Å². The van der Waals surface area contributed by atoms with Gasteiger partial charge in [-0.2, -0.15) is 0 Å². The van der Waals surface area contributed by atoms with Crippen LogP contribution in [0.2, 0.25) is 0 Å². The molecule has 0 aliphatic heterocycles. The number of fused-ring (bicyclic) bond motifs is 10. The minimum Gasteiger partial charge on any atom is -0.310 e. The molecule has 0 bridgehead atoms. The topological polar surface area (TPSA) is 3.24 Å². The van der Waals surface area contributed by atoms with E-state index in [1.54, 1.807) is 0 Å². The van der Waals surface area contributed by atoms with Gasteiger partial charge in [0.15, 0.2) is 0 Å². The van der Waals surface area contributed by atoms with Crippen LogP contribution in [0, 0.1) is 0 Å². The molecule has 0 saturated carbocycles. The largest absolute Gasteiger partial charge is 0.310 e. The summed E-state index contributed by atoms with van der Waals surface area (Å²) >= 11 is 1.93. The summed E-state index contributed by atoms with van der Waals surface area (Å²) in [4.78, 5) is 2.47. The van der Waals surface area contributed by atoms with Crippen LogP contribution in [-0.2, 0) is 10.8 Å². The average Bonchev–Trinajstić information content (AvgIpc) is 3.83. The maximum absolute atomic E-state index is 2.47. The van der Waals surface area contributed by atoms with Crippen molar-refractivity contribution < 1.29 is 0 Å². The van der Waals surface area contributed by atoms with E-state index >= 15 is 0 Å². The van der Waals surface area contributed by atoms with Crippen molar-refractivity contribution in [1.82, 2.24) is 0 Å².